The number of pyridine rings is 1. The number of aryl methyl sites for hydroxylation is 1. The van der Waals surface area contributed by atoms with Gasteiger partial charge in [0, 0.05) is 30.4 Å². The number of thiazole rings is 1. The second kappa shape index (κ2) is 8.27. The maximum Gasteiger partial charge on any atom is 0.334 e. The molecule has 0 saturated heterocycles. The number of halogens is 2. The molecule has 5 aromatic rings. The van der Waals surface area contributed by atoms with Crippen molar-refractivity contribution >= 4 is 55.5 Å². The van der Waals surface area contributed by atoms with Crippen molar-refractivity contribution in [3.63, 3.8) is 0 Å². The van der Waals surface area contributed by atoms with Gasteiger partial charge in [0.25, 0.3) is 6.43 Å². The number of urea groups is 1. The van der Waals surface area contributed by atoms with Crippen LogP contribution in [0.3, 0.4) is 0 Å². The van der Waals surface area contributed by atoms with Crippen LogP contribution in [0.25, 0.3) is 21.1 Å². The smallest absolute Gasteiger partial charge is 0.334 e. The number of carbonyl (C=O) groups is 1. The number of ether oxygens (including phenoxy) is 1. The van der Waals surface area contributed by atoms with Crippen LogP contribution < -0.4 is 14.5 Å². The first kappa shape index (κ1) is 21.4. The van der Waals surface area contributed by atoms with Crippen molar-refractivity contribution in [1.29, 1.82) is 0 Å². The minimum Gasteiger partial charge on any atom is -0.486 e. The molecule has 0 saturated carbocycles. The summed E-state index contributed by atoms with van der Waals surface area (Å²) in [6.45, 7) is -0.541. The van der Waals surface area contributed by atoms with E-state index in [0.29, 0.717) is 22.8 Å². The molecule has 0 N–H and O–H groups in total. The summed E-state index contributed by atoms with van der Waals surface area (Å²) in [5.74, 6) is 0.168. The lowest BCUT2D eigenvalue weighted by Crippen LogP contribution is -2.45. The molecule has 0 atom stereocenters. The number of hydrogen-bond acceptors (Lipinski definition) is 6. The fraction of sp³-hybridized carbons (Fsp3) is 0.167. The quantitative estimate of drug-likeness (QED) is 0.324. The monoisotopic (exact) mass is 492 g/mol. The van der Waals surface area contributed by atoms with E-state index in [0.717, 1.165) is 21.1 Å². The molecule has 176 valence electrons. The van der Waals surface area contributed by atoms with E-state index in [2.05, 4.69) is 15.1 Å². The Morgan fingerprint density at radius 2 is 1.94 bits per heavy atom. The lowest BCUT2D eigenvalue weighted by atomic mass is 10.1. The molecule has 0 radical (unpaired) electrons. The zero-order chi connectivity index (χ0) is 24.1. The maximum absolute atomic E-state index is 13.9. The van der Waals surface area contributed by atoms with Gasteiger partial charge in [-0.25, -0.2) is 18.6 Å². The van der Waals surface area contributed by atoms with Gasteiger partial charge in [0.2, 0.25) is 0 Å². The van der Waals surface area contributed by atoms with Crippen molar-refractivity contribution in [2.24, 2.45) is 7.05 Å². The summed E-state index contributed by atoms with van der Waals surface area (Å²) < 4.78 is 33.3. The number of alkyl halides is 2. The highest BCUT2D eigenvalue weighted by Crippen LogP contribution is 2.39. The lowest BCUT2D eigenvalue weighted by Gasteiger charge is -2.36. The summed E-state index contributed by atoms with van der Waals surface area (Å²) in [5.41, 5.74) is 5.71. The number of nitrogens with zero attached hydrogens (tertiary/aromatic N) is 6. The summed E-state index contributed by atoms with van der Waals surface area (Å²) in [5, 5.41) is 5.30. The Bertz CT molecular complexity index is 1580. The Kier molecular flexibility index (Phi) is 5.06. The molecule has 1 aliphatic rings. The van der Waals surface area contributed by atoms with Crippen LogP contribution in [0.1, 0.15) is 5.69 Å². The fourth-order valence-corrected chi connectivity index (χ4v) is 4.86. The Morgan fingerprint density at radius 1 is 1.09 bits per heavy atom. The molecule has 8 nitrogen and oxygen atoms in total. The summed E-state index contributed by atoms with van der Waals surface area (Å²) in [4.78, 5) is 25.9. The summed E-state index contributed by atoms with van der Waals surface area (Å²) in [6, 6.07) is 12.5. The Morgan fingerprint density at radius 3 is 2.80 bits per heavy atom. The van der Waals surface area contributed by atoms with Crippen LogP contribution in [-0.4, -0.2) is 38.8 Å². The van der Waals surface area contributed by atoms with Gasteiger partial charge in [-0.15, -0.1) is 11.3 Å². The predicted molar refractivity (Wildman–Crippen MR) is 130 cm³/mol. The number of fused-ring (bicyclic) bond motifs is 3. The largest absolute Gasteiger partial charge is 0.486 e. The molecular formula is C24H18F2N6O2S. The van der Waals surface area contributed by atoms with Gasteiger partial charge in [-0.05, 0) is 36.4 Å². The van der Waals surface area contributed by atoms with Gasteiger partial charge in [0.05, 0.1) is 51.1 Å². The first-order chi connectivity index (χ1) is 17.0. The average Bonchev–Trinajstić information content (AvgIpc) is 3.46. The number of amides is 2. The molecule has 0 unspecified atom stereocenters. The molecule has 0 spiro atoms. The third-order valence-electron chi connectivity index (χ3n) is 5.76. The number of carbonyl (C=O) groups excluding carboxylic acids is 1. The molecule has 35 heavy (non-hydrogen) atoms. The first-order valence-corrected chi connectivity index (χ1v) is 11.6. The highest BCUT2D eigenvalue weighted by atomic mass is 32.1. The molecule has 0 bridgehead atoms. The fourth-order valence-electron chi connectivity index (χ4n) is 4.20. The SMILES string of the molecule is Cn1cc2cc(N3Cc4ncc(OCC(F)F)cc4N(c4ccc5scnc5c4)C3=O)ccc2n1. The van der Waals surface area contributed by atoms with Crippen LogP contribution in [0.4, 0.5) is 30.6 Å². The van der Waals surface area contributed by atoms with Crippen molar-refractivity contribution in [2.75, 3.05) is 16.4 Å². The maximum atomic E-state index is 13.9. The summed E-state index contributed by atoms with van der Waals surface area (Å²) in [7, 11) is 1.84. The van der Waals surface area contributed by atoms with E-state index in [-0.39, 0.29) is 18.3 Å². The molecule has 6 rings (SSSR count). The Balaban J connectivity index is 1.46. The second-order valence-electron chi connectivity index (χ2n) is 8.09. The van der Waals surface area contributed by atoms with Crippen molar-refractivity contribution < 1.29 is 18.3 Å². The summed E-state index contributed by atoms with van der Waals surface area (Å²) >= 11 is 1.51. The summed E-state index contributed by atoms with van der Waals surface area (Å²) in [6.07, 6.45) is 0.676. The zero-order valence-corrected chi connectivity index (χ0v) is 19.2. The first-order valence-electron chi connectivity index (χ1n) is 10.7. The van der Waals surface area contributed by atoms with Crippen molar-refractivity contribution in [3.8, 4) is 5.75 Å². The predicted octanol–water partition coefficient (Wildman–Crippen LogP) is 5.50. The third-order valence-corrected chi connectivity index (χ3v) is 6.57. The average molecular weight is 493 g/mol. The minimum atomic E-state index is -2.62. The van der Waals surface area contributed by atoms with Gasteiger partial charge >= 0.3 is 6.03 Å². The van der Waals surface area contributed by atoms with E-state index < -0.39 is 13.0 Å². The zero-order valence-electron chi connectivity index (χ0n) is 18.4. The topological polar surface area (TPSA) is 76.4 Å². The van der Waals surface area contributed by atoms with Crippen LogP contribution in [0.15, 0.2) is 60.4 Å². The van der Waals surface area contributed by atoms with Crippen LogP contribution >= 0.6 is 11.3 Å². The highest BCUT2D eigenvalue weighted by Gasteiger charge is 2.34. The molecule has 0 aliphatic carbocycles. The Hall–Kier alpha value is -4.12. The normalized spacial score (nSPS) is 13.8. The van der Waals surface area contributed by atoms with Crippen LogP contribution in [0.5, 0.6) is 5.75 Å². The van der Waals surface area contributed by atoms with Gasteiger partial charge in [0.15, 0.2) is 0 Å². The van der Waals surface area contributed by atoms with Gasteiger partial charge in [-0.2, -0.15) is 5.10 Å². The van der Waals surface area contributed by atoms with E-state index in [9.17, 15) is 13.6 Å². The molecular weight excluding hydrogens is 474 g/mol. The molecule has 1 aliphatic heterocycles. The van der Waals surface area contributed by atoms with Crippen LogP contribution in [0, 0.1) is 0 Å². The van der Waals surface area contributed by atoms with E-state index in [4.69, 9.17) is 4.74 Å². The molecule has 2 amide bonds. The third kappa shape index (κ3) is 3.83. The van der Waals surface area contributed by atoms with E-state index in [1.807, 2.05) is 49.6 Å². The highest BCUT2D eigenvalue weighted by molar-refractivity contribution is 7.16. The number of benzene rings is 2. The van der Waals surface area contributed by atoms with Gasteiger partial charge in [0.1, 0.15) is 12.4 Å². The van der Waals surface area contributed by atoms with Crippen molar-refractivity contribution in [1.82, 2.24) is 19.7 Å². The number of rotatable bonds is 5. The minimum absolute atomic E-state index is 0.168. The molecule has 3 aromatic heterocycles. The van der Waals surface area contributed by atoms with E-state index in [1.54, 1.807) is 21.2 Å². The molecule has 11 heteroatoms. The van der Waals surface area contributed by atoms with Crippen molar-refractivity contribution in [3.05, 3.63) is 66.1 Å². The lowest BCUT2D eigenvalue weighted by molar-refractivity contribution is 0.0817. The van der Waals surface area contributed by atoms with Gasteiger partial charge in [-0.1, -0.05) is 0 Å². The van der Waals surface area contributed by atoms with E-state index in [1.165, 1.54) is 22.4 Å². The van der Waals surface area contributed by atoms with Gasteiger partial charge in [-0.3, -0.25) is 19.5 Å². The Labute approximate surface area is 202 Å². The molecule has 0 fully saturated rings. The van der Waals surface area contributed by atoms with Crippen LogP contribution in [0.2, 0.25) is 0 Å². The molecule has 2 aromatic carbocycles. The van der Waals surface area contributed by atoms with Crippen molar-refractivity contribution in [2.45, 2.75) is 13.0 Å². The van der Waals surface area contributed by atoms with Crippen LogP contribution in [-0.2, 0) is 13.6 Å². The molecule has 4 heterocycles. The number of hydrogen-bond donors (Lipinski definition) is 0. The second-order valence-corrected chi connectivity index (χ2v) is 8.98. The van der Waals surface area contributed by atoms with E-state index >= 15 is 0 Å². The number of aromatic nitrogens is 4. The standard InChI is InChI=1S/C24H18F2N6O2S/c1-30-10-14-6-15(2-4-18(14)29-30)31-11-20-21(8-17(9-27-20)34-12-23(25)26)32(24(31)33)16-3-5-22-19(7-16)28-13-35-22/h2-10,13,23H,11-12H2,1H3. The number of anilines is 3. The van der Waals surface area contributed by atoms with Gasteiger partial charge < -0.3 is 4.74 Å².